The predicted molar refractivity (Wildman–Crippen MR) is 122 cm³/mol. The van der Waals surface area contributed by atoms with E-state index in [1.54, 1.807) is 31.4 Å². The fourth-order valence-corrected chi connectivity index (χ4v) is 3.89. The third-order valence-corrected chi connectivity index (χ3v) is 5.54. The van der Waals surface area contributed by atoms with Crippen LogP contribution in [0.2, 0.25) is 0 Å². The summed E-state index contributed by atoms with van der Waals surface area (Å²) in [5.74, 6) is -0.742. The smallest absolute Gasteiger partial charge is 0.306 e. The molecule has 1 saturated carbocycles. The number of rotatable bonds is 11. The minimum Gasteiger partial charge on any atom is -0.493 e. The lowest BCUT2D eigenvalue weighted by Gasteiger charge is -2.20. The van der Waals surface area contributed by atoms with Crippen molar-refractivity contribution < 1.29 is 28.9 Å². The molecule has 0 aromatic heterocycles. The average Bonchev–Trinajstić information content (AvgIpc) is 3.30. The number of carboxylic acids is 1. The van der Waals surface area contributed by atoms with Crippen molar-refractivity contribution in [2.24, 2.45) is 0 Å². The second-order valence-electron chi connectivity index (χ2n) is 7.93. The summed E-state index contributed by atoms with van der Waals surface area (Å²) >= 11 is 0. The van der Waals surface area contributed by atoms with E-state index in [2.05, 4.69) is 0 Å². The highest BCUT2D eigenvalue weighted by Crippen LogP contribution is 2.36. The summed E-state index contributed by atoms with van der Waals surface area (Å²) in [6.07, 6.45) is 7.84. The first-order chi connectivity index (χ1) is 15.5. The van der Waals surface area contributed by atoms with Gasteiger partial charge in [-0.25, -0.2) is 0 Å². The Kier molecular flexibility index (Phi) is 8.72. The van der Waals surface area contributed by atoms with Gasteiger partial charge in [0.25, 0.3) is 0 Å². The zero-order valence-corrected chi connectivity index (χ0v) is 18.4. The fourth-order valence-electron chi connectivity index (χ4n) is 3.89. The van der Waals surface area contributed by atoms with Crippen LogP contribution in [0.3, 0.4) is 0 Å². The molecule has 1 N–H and O–H groups in total. The van der Waals surface area contributed by atoms with Gasteiger partial charge in [0.1, 0.15) is 6.61 Å². The first-order valence-electron chi connectivity index (χ1n) is 11.0. The molecule has 6 heteroatoms. The Morgan fingerprint density at radius 1 is 1.06 bits per heavy atom. The average molecular weight is 439 g/mol. The molecule has 2 aromatic carbocycles. The predicted octanol–water partition coefficient (Wildman–Crippen LogP) is 5.22. The molecule has 3 rings (SSSR count). The maximum Gasteiger partial charge on any atom is 0.306 e. The maximum atomic E-state index is 12.4. The van der Waals surface area contributed by atoms with Crippen molar-refractivity contribution in [2.45, 2.75) is 50.5 Å². The van der Waals surface area contributed by atoms with Crippen LogP contribution in [0.15, 0.2) is 54.6 Å². The number of carbonyl (C=O) groups excluding carboxylic acids is 1. The third kappa shape index (κ3) is 7.15. The lowest BCUT2D eigenvalue weighted by molar-refractivity contribution is -0.143. The van der Waals surface area contributed by atoms with E-state index in [9.17, 15) is 14.7 Å². The Bertz CT molecular complexity index is 915. The summed E-state index contributed by atoms with van der Waals surface area (Å²) in [5.41, 5.74) is 1.73. The molecule has 32 heavy (non-hydrogen) atoms. The van der Waals surface area contributed by atoms with Crippen molar-refractivity contribution in [3.63, 3.8) is 0 Å². The molecule has 0 saturated heterocycles. The van der Waals surface area contributed by atoms with Crippen molar-refractivity contribution in [2.75, 3.05) is 13.7 Å². The van der Waals surface area contributed by atoms with Gasteiger partial charge in [0.2, 0.25) is 0 Å². The number of hydrogen-bond donors (Lipinski definition) is 1. The van der Waals surface area contributed by atoms with Crippen LogP contribution in [0.25, 0.3) is 6.08 Å². The van der Waals surface area contributed by atoms with E-state index in [0.717, 1.165) is 36.8 Å². The van der Waals surface area contributed by atoms with Crippen molar-refractivity contribution in [1.29, 1.82) is 0 Å². The number of benzene rings is 2. The van der Waals surface area contributed by atoms with Crippen molar-refractivity contribution >= 4 is 18.0 Å². The monoisotopic (exact) mass is 438 g/mol. The second kappa shape index (κ2) is 11.9. The molecule has 170 valence electrons. The van der Waals surface area contributed by atoms with Crippen LogP contribution in [-0.4, -0.2) is 36.9 Å². The Morgan fingerprint density at radius 2 is 1.81 bits per heavy atom. The third-order valence-electron chi connectivity index (χ3n) is 5.54. The quantitative estimate of drug-likeness (QED) is 0.484. The van der Waals surface area contributed by atoms with Crippen LogP contribution >= 0.6 is 0 Å². The zero-order valence-electron chi connectivity index (χ0n) is 18.4. The summed E-state index contributed by atoms with van der Waals surface area (Å²) in [6, 6.07) is 15.1. The van der Waals surface area contributed by atoms with E-state index in [-0.39, 0.29) is 25.6 Å². The molecule has 0 unspecified atom stereocenters. The SMILES string of the molecule is COc1ccc([C@H](CC(=O)O)CC(=O)OC/C=C/c2ccccc2)cc1OC1CCCC1. The van der Waals surface area contributed by atoms with Crippen LogP contribution < -0.4 is 9.47 Å². The number of methoxy groups -OCH3 is 1. The van der Waals surface area contributed by atoms with Gasteiger partial charge in [0.15, 0.2) is 11.5 Å². The molecule has 1 fully saturated rings. The number of aliphatic carboxylic acids is 1. The highest BCUT2D eigenvalue weighted by Gasteiger charge is 2.23. The first kappa shape index (κ1) is 23.4. The zero-order chi connectivity index (χ0) is 22.8. The van der Waals surface area contributed by atoms with E-state index in [1.165, 1.54) is 0 Å². The Balaban J connectivity index is 1.65. The number of carboxylic acid groups (broad SMARTS) is 1. The van der Waals surface area contributed by atoms with E-state index < -0.39 is 17.9 Å². The fraction of sp³-hybridized carbons (Fsp3) is 0.385. The summed E-state index contributed by atoms with van der Waals surface area (Å²) < 4.78 is 16.8. The van der Waals surface area contributed by atoms with Crippen LogP contribution in [0.5, 0.6) is 11.5 Å². The molecule has 6 nitrogen and oxygen atoms in total. The molecule has 0 spiro atoms. The van der Waals surface area contributed by atoms with Crippen LogP contribution in [0.4, 0.5) is 0 Å². The standard InChI is InChI=1S/C26H30O6/c1-30-23-14-13-20(16-24(23)32-22-11-5-6-12-22)21(17-25(27)28)18-26(29)31-15-7-10-19-8-3-2-4-9-19/h2-4,7-10,13-14,16,21-22H,5-6,11-12,15,17-18H2,1H3,(H,27,28)/b10-7+/t21-/m1/s1. The topological polar surface area (TPSA) is 82.1 Å². The number of esters is 1. The van der Waals surface area contributed by atoms with Gasteiger partial charge in [-0.15, -0.1) is 0 Å². The molecule has 0 amide bonds. The highest BCUT2D eigenvalue weighted by molar-refractivity contribution is 5.74. The van der Waals surface area contributed by atoms with Gasteiger partial charge in [-0.3, -0.25) is 9.59 Å². The molecular weight excluding hydrogens is 408 g/mol. The molecule has 0 radical (unpaired) electrons. The van der Waals surface area contributed by atoms with Gasteiger partial charge in [0.05, 0.1) is 26.1 Å². The molecule has 0 aliphatic heterocycles. The van der Waals surface area contributed by atoms with Gasteiger partial charge in [-0.1, -0.05) is 42.5 Å². The minimum atomic E-state index is -0.971. The second-order valence-corrected chi connectivity index (χ2v) is 7.93. The molecule has 2 aromatic rings. The largest absolute Gasteiger partial charge is 0.493 e. The molecule has 1 atom stereocenters. The Hall–Kier alpha value is -3.28. The Morgan fingerprint density at radius 3 is 2.50 bits per heavy atom. The lowest BCUT2D eigenvalue weighted by Crippen LogP contribution is -2.15. The van der Waals surface area contributed by atoms with Gasteiger partial charge >= 0.3 is 11.9 Å². The lowest BCUT2D eigenvalue weighted by atomic mass is 9.92. The van der Waals surface area contributed by atoms with E-state index >= 15 is 0 Å². The van der Waals surface area contributed by atoms with E-state index in [1.807, 2.05) is 36.4 Å². The number of ether oxygens (including phenoxy) is 3. The summed E-state index contributed by atoms with van der Waals surface area (Å²) in [6.45, 7) is 0.131. The molecule has 1 aliphatic carbocycles. The normalized spacial score (nSPS) is 14.9. The molecule has 1 aliphatic rings. The molecule has 0 heterocycles. The summed E-state index contributed by atoms with van der Waals surface area (Å²) in [7, 11) is 1.57. The maximum absolute atomic E-state index is 12.4. The van der Waals surface area contributed by atoms with Crippen LogP contribution in [-0.2, 0) is 14.3 Å². The van der Waals surface area contributed by atoms with Crippen molar-refractivity contribution in [3.05, 3.63) is 65.7 Å². The van der Waals surface area contributed by atoms with Crippen LogP contribution in [0, 0.1) is 0 Å². The van der Waals surface area contributed by atoms with Gasteiger partial charge < -0.3 is 19.3 Å². The Labute approximate surface area is 188 Å². The summed E-state index contributed by atoms with van der Waals surface area (Å²) in [5, 5.41) is 9.38. The van der Waals surface area contributed by atoms with Crippen molar-refractivity contribution in [1.82, 2.24) is 0 Å². The highest BCUT2D eigenvalue weighted by atomic mass is 16.5. The first-order valence-corrected chi connectivity index (χ1v) is 11.0. The minimum absolute atomic E-state index is 0.0271. The number of carbonyl (C=O) groups is 2. The van der Waals surface area contributed by atoms with Gasteiger partial charge in [-0.2, -0.15) is 0 Å². The molecule has 0 bridgehead atoms. The van der Waals surface area contributed by atoms with E-state index in [4.69, 9.17) is 14.2 Å². The van der Waals surface area contributed by atoms with Gasteiger partial charge in [0, 0.05) is 5.92 Å². The van der Waals surface area contributed by atoms with Crippen LogP contribution in [0.1, 0.15) is 55.6 Å². The van der Waals surface area contributed by atoms with Crippen molar-refractivity contribution in [3.8, 4) is 11.5 Å². The van der Waals surface area contributed by atoms with Gasteiger partial charge in [-0.05, 0) is 55.0 Å². The number of hydrogen-bond acceptors (Lipinski definition) is 5. The van der Waals surface area contributed by atoms with E-state index in [0.29, 0.717) is 11.5 Å². The summed E-state index contributed by atoms with van der Waals surface area (Å²) in [4.78, 5) is 23.9. The molecular formula is C26H30O6.